The Kier molecular flexibility index (Phi) is 5.40. The lowest BCUT2D eigenvalue weighted by Crippen LogP contribution is -1.98. The van der Waals surface area contributed by atoms with E-state index < -0.39 is 0 Å². The second-order valence-corrected chi connectivity index (χ2v) is 4.41. The van der Waals surface area contributed by atoms with Gasteiger partial charge in [0.1, 0.15) is 18.2 Å². The van der Waals surface area contributed by atoms with Crippen molar-refractivity contribution in [1.82, 2.24) is 4.98 Å². The molecular weight excluding hydrogens is 277 g/mol. The van der Waals surface area contributed by atoms with Gasteiger partial charge in [-0.3, -0.25) is 4.98 Å². The number of pyridine rings is 1. The summed E-state index contributed by atoms with van der Waals surface area (Å²) in [6.07, 6.45) is 3.85. The first kappa shape index (κ1) is 14.4. The van der Waals surface area contributed by atoms with Crippen LogP contribution in [0.25, 0.3) is 0 Å². The van der Waals surface area contributed by atoms with E-state index in [1.165, 1.54) is 6.07 Å². The molecule has 0 amide bonds. The van der Waals surface area contributed by atoms with E-state index in [0.29, 0.717) is 23.6 Å². The van der Waals surface area contributed by atoms with Gasteiger partial charge >= 0.3 is 0 Å². The Morgan fingerprint density at radius 3 is 2.90 bits per heavy atom. The van der Waals surface area contributed by atoms with Gasteiger partial charge in [-0.2, -0.15) is 0 Å². The normalized spacial score (nSPS) is 9.70. The number of aromatic nitrogens is 1. The molecule has 102 valence electrons. The second-order valence-electron chi connectivity index (χ2n) is 4.03. The smallest absolute Gasteiger partial charge is 0.139 e. The summed E-state index contributed by atoms with van der Waals surface area (Å²) in [6, 6.07) is 8.29. The fourth-order valence-electron chi connectivity index (χ4n) is 1.55. The minimum absolute atomic E-state index is 0.160. The van der Waals surface area contributed by atoms with Crippen molar-refractivity contribution in [3.05, 3.63) is 59.7 Å². The van der Waals surface area contributed by atoms with E-state index in [0.717, 1.165) is 5.56 Å². The predicted molar refractivity (Wildman–Crippen MR) is 77.2 cm³/mol. The van der Waals surface area contributed by atoms with Gasteiger partial charge in [-0.15, -0.1) is 11.6 Å². The molecule has 0 fully saturated rings. The number of nitrogens with zero attached hydrogens (tertiary/aromatic N) is 1. The third kappa shape index (κ3) is 4.25. The molecule has 0 saturated heterocycles. The zero-order chi connectivity index (χ0) is 14.2. The summed E-state index contributed by atoms with van der Waals surface area (Å²) in [4.78, 5) is 4.04. The first-order valence-electron chi connectivity index (χ1n) is 6.15. The van der Waals surface area contributed by atoms with Gasteiger partial charge in [0.2, 0.25) is 0 Å². The Morgan fingerprint density at radius 1 is 1.25 bits per heavy atom. The Morgan fingerprint density at radius 2 is 2.10 bits per heavy atom. The summed E-state index contributed by atoms with van der Waals surface area (Å²) in [6.45, 7) is 0.160. The van der Waals surface area contributed by atoms with Crippen molar-refractivity contribution in [3.63, 3.8) is 0 Å². The molecule has 0 N–H and O–H groups in total. The van der Waals surface area contributed by atoms with E-state index in [-0.39, 0.29) is 12.4 Å². The van der Waals surface area contributed by atoms with Crippen LogP contribution in [0, 0.1) is 17.7 Å². The van der Waals surface area contributed by atoms with Gasteiger partial charge in [0.25, 0.3) is 0 Å². The SMILES string of the molecule is Fc1ccccc1COc1cncc(C#CCCCl)c1. The highest BCUT2D eigenvalue weighted by Crippen LogP contribution is 2.14. The molecular formula is C16H13ClFNO. The lowest BCUT2D eigenvalue weighted by molar-refractivity contribution is 0.298. The van der Waals surface area contributed by atoms with Crippen LogP contribution in [-0.2, 0) is 6.61 Å². The maximum Gasteiger partial charge on any atom is 0.139 e. The van der Waals surface area contributed by atoms with Crippen molar-refractivity contribution >= 4 is 11.6 Å². The molecule has 0 radical (unpaired) electrons. The summed E-state index contributed by atoms with van der Waals surface area (Å²) in [5, 5.41) is 0. The van der Waals surface area contributed by atoms with Crippen LogP contribution in [0.5, 0.6) is 5.75 Å². The van der Waals surface area contributed by atoms with Gasteiger partial charge in [0.05, 0.1) is 6.20 Å². The topological polar surface area (TPSA) is 22.1 Å². The van der Waals surface area contributed by atoms with Crippen LogP contribution in [0.3, 0.4) is 0 Å². The van der Waals surface area contributed by atoms with Crippen molar-refractivity contribution in [2.75, 3.05) is 5.88 Å². The van der Waals surface area contributed by atoms with Crippen molar-refractivity contribution in [1.29, 1.82) is 0 Å². The first-order valence-corrected chi connectivity index (χ1v) is 6.69. The third-order valence-corrected chi connectivity index (χ3v) is 2.71. The molecule has 0 atom stereocenters. The number of alkyl halides is 1. The molecule has 1 heterocycles. The van der Waals surface area contributed by atoms with Crippen LogP contribution in [0.4, 0.5) is 4.39 Å². The summed E-state index contributed by atoms with van der Waals surface area (Å²) in [5.41, 5.74) is 1.26. The molecule has 0 aliphatic carbocycles. The van der Waals surface area contributed by atoms with Crippen LogP contribution in [-0.4, -0.2) is 10.9 Å². The third-order valence-electron chi connectivity index (χ3n) is 2.52. The molecule has 2 nitrogen and oxygen atoms in total. The van der Waals surface area contributed by atoms with E-state index >= 15 is 0 Å². The number of ether oxygens (including phenoxy) is 1. The molecule has 4 heteroatoms. The van der Waals surface area contributed by atoms with Gasteiger partial charge in [-0.05, 0) is 12.1 Å². The lowest BCUT2D eigenvalue weighted by atomic mass is 10.2. The molecule has 0 aliphatic heterocycles. The number of benzene rings is 1. The van der Waals surface area contributed by atoms with Crippen LogP contribution in [0.1, 0.15) is 17.5 Å². The fourth-order valence-corrected chi connectivity index (χ4v) is 1.65. The van der Waals surface area contributed by atoms with Crippen molar-refractivity contribution in [3.8, 4) is 17.6 Å². The molecule has 2 rings (SSSR count). The van der Waals surface area contributed by atoms with E-state index in [1.54, 1.807) is 36.7 Å². The first-order chi connectivity index (χ1) is 9.79. The van der Waals surface area contributed by atoms with Gasteiger partial charge in [-0.1, -0.05) is 30.0 Å². The second kappa shape index (κ2) is 7.52. The Hall–Kier alpha value is -2.05. The van der Waals surface area contributed by atoms with Crippen molar-refractivity contribution in [2.45, 2.75) is 13.0 Å². The Bertz CT molecular complexity index is 634. The molecule has 20 heavy (non-hydrogen) atoms. The maximum atomic E-state index is 13.4. The zero-order valence-corrected chi connectivity index (χ0v) is 11.5. The number of halogens is 2. The summed E-state index contributed by atoms with van der Waals surface area (Å²) in [5.74, 6) is 6.65. The average molecular weight is 290 g/mol. The fraction of sp³-hybridized carbons (Fsp3) is 0.188. The molecule has 0 bridgehead atoms. The summed E-state index contributed by atoms with van der Waals surface area (Å²) >= 11 is 5.55. The maximum absolute atomic E-state index is 13.4. The van der Waals surface area contributed by atoms with Crippen LogP contribution in [0.2, 0.25) is 0 Å². The number of hydrogen-bond donors (Lipinski definition) is 0. The zero-order valence-electron chi connectivity index (χ0n) is 10.8. The largest absolute Gasteiger partial charge is 0.487 e. The number of hydrogen-bond acceptors (Lipinski definition) is 2. The molecule has 0 unspecified atom stereocenters. The van der Waals surface area contributed by atoms with Gasteiger partial charge < -0.3 is 4.74 Å². The van der Waals surface area contributed by atoms with Crippen LogP contribution >= 0.6 is 11.6 Å². The molecule has 1 aromatic carbocycles. The minimum Gasteiger partial charge on any atom is -0.487 e. The predicted octanol–water partition coefficient (Wildman–Crippen LogP) is 3.78. The van der Waals surface area contributed by atoms with E-state index in [2.05, 4.69) is 16.8 Å². The molecule has 0 saturated carbocycles. The highest BCUT2D eigenvalue weighted by molar-refractivity contribution is 6.18. The van der Waals surface area contributed by atoms with Crippen LogP contribution < -0.4 is 4.74 Å². The summed E-state index contributed by atoms with van der Waals surface area (Å²) < 4.78 is 19.0. The molecule has 0 spiro atoms. The van der Waals surface area contributed by atoms with Crippen molar-refractivity contribution < 1.29 is 9.13 Å². The lowest BCUT2D eigenvalue weighted by Gasteiger charge is -2.06. The van der Waals surface area contributed by atoms with Crippen molar-refractivity contribution in [2.24, 2.45) is 0 Å². The molecule has 1 aromatic heterocycles. The van der Waals surface area contributed by atoms with Gasteiger partial charge in [-0.25, -0.2) is 4.39 Å². The van der Waals surface area contributed by atoms with E-state index in [1.807, 2.05) is 0 Å². The monoisotopic (exact) mass is 289 g/mol. The quantitative estimate of drug-likeness (QED) is 0.631. The van der Waals surface area contributed by atoms with Gasteiger partial charge in [0, 0.05) is 29.6 Å². The highest BCUT2D eigenvalue weighted by Gasteiger charge is 2.02. The average Bonchev–Trinajstić information content (AvgIpc) is 2.47. The number of rotatable bonds is 4. The highest BCUT2D eigenvalue weighted by atomic mass is 35.5. The standard InChI is InChI=1S/C16H13ClFNO/c17-8-4-3-5-13-9-15(11-19-10-13)20-12-14-6-1-2-7-16(14)18/h1-2,6-7,9-11H,4,8,12H2. The van der Waals surface area contributed by atoms with E-state index in [4.69, 9.17) is 16.3 Å². The molecule has 2 aromatic rings. The molecule has 0 aliphatic rings. The summed E-state index contributed by atoms with van der Waals surface area (Å²) in [7, 11) is 0. The Labute approximate surface area is 122 Å². The Balaban J connectivity index is 2.02. The van der Waals surface area contributed by atoms with Gasteiger partial charge in [0.15, 0.2) is 0 Å². The minimum atomic E-state index is -0.279. The van der Waals surface area contributed by atoms with Crippen LogP contribution in [0.15, 0.2) is 42.7 Å². The van der Waals surface area contributed by atoms with E-state index in [9.17, 15) is 4.39 Å².